The van der Waals surface area contributed by atoms with Gasteiger partial charge in [0.05, 0.1) is 12.3 Å². The lowest BCUT2D eigenvalue weighted by Gasteiger charge is -2.10. The molecule has 0 aliphatic carbocycles. The number of carbonyl (C=O) groups is 1. The molecule has 1 aromatic carbocycles. The van der Waals surface area contributed by atoms with Crippen molar-refractivity contribution in [3.63, 3.8) is 0 Å². The SMILES string of the molecule is CCOc1ccc(C)cc1-c1cc(C(=O)O)n(C(C)C)n1. The van der Waals surface area contributed by atoms with Crippen LogP contribution in [0.25, 0.3) is 11.3 Å². The second kappa shape index (κ2) is 5.99. The van der Waals surface area contributed by atoms with Gasteiger partial charge in [0.15, 0.2) is 0 Å². The minimum absolute atomic E-state index is 0.0230. The minimum atomic E-state index is -0.979. The summed E-state index contributed by atoms with van der Waals surface area (Å²) < 4.78 is 7.14. The molecule has 0 bridgehead atoms. The number of hydrogen-bond donors (Lipinski definition) is 1. The summed E-state index contributed by atoms with van der Waals surface area (Å²) in [5.41, 5.74) is 2.69. The number of ether oxygens (including phenoxy) is 1. The van der Waals surface area contributed by atoms with E-state index in [-0.39, 0.29) is 11.7 Å². The number of benzene rings is 1. The number of hydrogen-bond acceptors (Lipinski definition) is 3. The van der Waals surface area contributed by atoms with Crippen molar-refractivity contribution in [2.75, 3.05) is 6.61 Å². The van der Waals surface area contributed by atoms with Crippen LogP contribution in [0.1, 0.15) is 42.9 Å². The van der Waals surface area contributed by atoms with Crippen molar-refractivity contribution in [2.45, 2.75) is 33.7 Å². The van der Waals surface area contributed by atoms with Crippen LogP contribution in [0.15, 0.2) is 24.3 Å². The fourth-order valence-corrected chi connectivity index (χ4v) is 2.20. The first-order chi connectivity index (χ1) is 9.93. The molecular formula is C16H20N2O3. The number of aryl methyl sites for hydroxylation is 1. The average Bonchev–Trinajstić information content (AvgIpc) is 2.86. The summed E-state index contributed by atoms with van der Waals surface area (Å²) in [6, 6.07) is 7.39. The fourth-order valence-electron chi connectivity index (χ4n) is 2.20. The van der Waals surface area contributed by atoms with E-state index in [1.807, 2.05) is 45.9 Å². The summed E-state index contributed by atoms with van der Waals surface area (Å²) in [7, 11) is 0. The molecule has 0 unspecified atom stereocenters. The van der Waals surface area contributed by atoms with Gasteiger partial charge >= 0.3 is 5.97 Å². The van der Waals surface area contributed by atoms with Crippen molar-refractivity contribution in [1.82, 2.24) is 9.78 Å². The van der Waals surface area contributed by atoms with E-state index in [0.717, 1.165) is 11.1 Å². The Morgan fingerprint density at radius 2 is 2.10 bits per heavy atom. The van der Waals surface area contributed by atoms with Gasteiger partial charge in [0, 0.05) is 11.6 Å². The maximum atomic E-state index is 11.4. The molecule has 0 saturated heterocycles. The normalized spacial score (nSPS) is 10.9. The Labute approximate surface area is 124 Å². The third-order valence-electron chi connectivity index (χ3n) is 3.15. The quantitative estimate of drug-likeness (QED) is 0.914. The topological polar surface area (TPSA) is 64.3 Å². The van der Waals surface area contributed by atoms with E-state index in [1.54, 1.807) is 6.07 Å². The highest BCUT2D eigenvalue weighted by molar-refractivity contribution is 5.87. The zero-order valence-electron chi connectivity index (χ0n) is 12.8. The highest BCUT2D eigenvalue weighted by atomic mass is 16.5. The Kier molecular flexibility index (Phi) is 4.31. The first-order valence-electron chi connectivity index (χ1n) is 7.00. The average molecular weight is 288 g/mol. The molecule has 0 aliphatic heterocycles. The third kappa shape index (κ3) is 3.07. The van der Waals surface area contributed by atoms with Crippen LogP contribution in [-0.2, 0) is 0 Å². The lowest BCUT2D eigenvalue weighted by Crippen LogP contribution is -2.11. The van der Waals surface area contributed by atoms with E-state index in [9.17, 15) is 9.90 Å². The van der Waals surface area contributed by atoms with E-state index in [2.05, 4.69) is 5.10 Å². The highest BCUT2D eigenvalue weighted by Gasteiger charge is 2.19. The Morgan fingerprint density at radius 1 is 1.38 bits per heavy atom. The van der Waals surface area contributed by atoms with Gasteiger partial charge in [0.1, 0.15) is 11.4 Å². The molecule has 112 valence electrons. The van der Waals surface area contributed by atoms with Gasteiger partial charge in [-0.3, -0.25) is 4.68 Å². The van der Waals surface area contributed by atoms with Crippen LogP contribution < -0.4 is 4.74 Å². The van der Waals surface area contributed by atoms with E-state index in [4.69, 9.17) is 4.74 Å². The summed E-state index contributed by atoms with van der Waals surface area (Å²) in [6.45, 7) is 8.26. The standard InChI is InChI=1S/C16H20N2O3/c1-5-21-15-7-6-11(4)8-12(15)13-9-14(16(19)20)18(17-13)10(2)3/h6-10H,5H2,1-4H3,(H,19,20). The summed E-state index contributed by atoms with van der Waals surface area (Å²) in [5.74, 6) is -0.262. The molecule has 1 heterocycles. The monoisotopic (exact) mass is 288 g/mol. The van der Waals surface area contributed by atoms with Gasteiger partial charge in [-0.25, -0.2) is 4.79 Å². The van der Waals surface area contributed by atoms with Crippen molar-refractivity contribution in [1.29, 1.82) is 0 Å². The van der Waals surface area contributed by atoms with E-state index >= 15 is 0 Å². The van der Waals surface area contributed by atoms with Crippen molar-refractivity contribution in [3.05, 3.63) is 35.5 Å². The summed E-state index contributed by atoms with van der Waals surface area (Å²) in [5, 5.41) is 13.8. The number of rotatable bonds is 5. The molecule has 0 amide bonds. The highest BCUT2D eigenvalue weighted by Crippen LogP contribution is 2.31. The lowest BCUT2D eigenvalue weighted by atomic mass is 10.1. The largest absolute Gasteiger partial charge is 0.493 e. The van der Waals surface area contributed by atoms with Gasteiger partial charge in [0.25, 0.3) is 0 Å². The molecule has 2 rings (SSSR count). The molecule has 5 heteroatoms. The first-order valence-corrected chi connectivity index (χ1v) is 7.00. The Morgan fingerprint density at radius 3 is 2.62 bits per heavy atom. The summed E-state index contributed by atoms with van der Waals surface area (Å²) in [6.07, 6.45) is 0. The second-order valence-electron chi connectivity index (χ2n) is 5.19. The van der Waals surface area contributed by atoms with Crippen molar-refractivity contribution < 1.29 is 14.6 Å². The molecule has 0 aliphatic rings. The molecule has 0 fully saturated rings. The fraction of sp³-hybridized carbons (Fsp3) is 0.375. The Hall–Kier alpha value is -2.30. The first kappa shape index (κ1) is 15.1. The molecule has 1 N–H and O–H groups in total. The molecular weight excluding hydrogens is 268 g/mol. The van der Waals surface area contributed by atoms with E-state index < -0.39 is 5.97 Å². The van der Waals surface area contributed by atoms with Crippen LogP contribution in [0.2, 0.25) is 0 Å². The maximum absolute atomic E-state index is 11.4. The van der Waals surface area contributed by atoms with Gasteiger partial charge in [-0.05, 0) is 45.9 Å². The van der Waals surface area contributed by atoms with Crippen molar-refractivity contribution in [2.24, 2.45) is 0 Å². The molecule has 5 nitrogen and oxygen atoms in total. The molecule has 0 saturated carbocycles. The molecule has 0 atom stereocenters. The van der Waals surface area contributed by atoms with Crippen LogP contribution in [-0.4, -0.2) is 27.5 Å². The Balaban J connectivity index is 2.59. The Bertz CT molecular complexity index is 660. The molecule has 0 radical (unpaired) electrons. The van der Waals surface area contributed by atoms with Gasteiger partial charge in [-0.15, -0.1) is 0 Å². The minimum Gasteiger partial charge on any atom is -0.493 e. The van der Waals surface area contributed by atoms with E-state index in [1.165, 1.54) is 4.68 Å². The predicted molar refractivity (Wildman–Crippen MR) is 80.9 cm³/mol. The zero-order valence-corrected chi connectivity index (χ0v) is 12.8. The zero-order chi connectivity index (χ0) is 15.6. The summed E-state index contributed by atoms with van der Waals surface area (Å²) in [4.78, 5) is 11.4. The van der Waals surface area contributed by atoms with Gasteiger partial charge in [-0.2, -0.15) is 5.10 Å². The van der Waals surface area contributed by atoms with Crippen LogP contribution in [0.3, 0.4) is 0 Å². The number of aromatic nitrogens is 2. The second-order valence-corrected chi connectivity index (χ2v) is 5.19. The van der Waals surface area contributed by atoms with Gasteiger partial charge in [0.2, 0.25) is 0 Å². The molecule has 1 aromatic heterocycles. The maximum Gasteiger partial charge on any atom is 0.354 e. The van der Waals surface area contributed by atoms with Crippen LogP contribution in [0, 0.1) is 6.92 Å². The molecule has 0 spiro atoms. The third-order valence-corrected chi connectivity index (χ3v) is 3.15. The number of aromatic carboxylic acids is 1. The van der Waals surface area contributed by atoms with Gasteiger partial charge < -0.3 is 9.84 Å². The van der Waals surface area contributed by atoms with E-state index in [0.29, 0.717) is 18.1 Å². The van der Waals surface area contributed by atoms with Crippen molar-refractivity contribution >= 4 is 5.97 Å². The lowest BCUT2D eigenvalue weighted by molar-refractivity contribution is 0.0681. The number of nitrogens with zero attached hydrogens (tertiary/aromatic N) is 2. The number of carboxylic acid groups (broad SMARTS) is 1. The van der Waals surface area contributed by atoms with Gasteiger partial charge in [-0.1, -0.05) is 11.6 Å². The molecule has 21 heavy (non-hydrogen) atoms. The van der Waals surface area contributed by atoms with Crippen LogP contribution >= 0.6 is 0 Å². The molecule has 2 aromatic rings. The van der Waals surface area contributed by atoms with Crippen LogP contribution in [0.5, 0.6) is 5.75 Å². The van der Waals surface area contributed by atoms with Crippen molar-refractivity contribution in [3.8, 4) is 17.0 Å². The van der Waals surface area contributed by atoms with Crippen LogP contribution in [0.4, 0.5) is 0 Å². The predicted octanol–water partition coefficient (Wildman–Crippen LogP) is 3.54. The number of carboxylic acids is 1. The summed E-state index contributed by atoms with van der Waals surface area (Å²) >= 11 is 0. The smallest absolute Gasteiger partial charge is 0.354 e.